The standard InChI is InChI=1S/C36H24N2/c1-2-8-24(9-3-1)25-14-16-26(17-15-25)27-18-20-28(21-19-27)38-34-13-7-5-11-30(34)32-23-22-31-29-10-4-6-12-33(29)37-35(31)36(32)38/h1-23,37H/i1D,2D,3D,8D,9D,14D,15D,16D,17D,18D,19D,20D,21D. The number of aromatic amines is 1. The molecule has 0 saturated carbocycles. The zero-order chi connectivity index (χ0) is 36.4. The van der Waals surface area contributed by atoms with Gasteiger partial charge in [-0.2, -0.15) is 0 Å². The van der Waals surface area contributed by atoms with Gasteiger partial charge in [-0.25, -0.2) is 0 Å². The van der Waals surface area contributed by atoms with Crippen molar-refractivity contribution < 1.29 is 17.8 Å². The van der Waals surface area contributed by atoms with E-state index in [-0.39, 0.29) is 5.69 Å². The van der Waals surface area contributed by atoms with Crippen LogP contribution in [-0.2, 0) is 0 Å². The molecule has 0 aliphatic carbocycles. The highest BCUT2D eigenvalue weighted by Crippen LogP contribution is 2.38. The van der Waals surface area contributed by atoms with Crippen LogP contribution >= 0.6 is 0 Å². The lowest BCUT2D eigenvalue weighted by atomic mass is 10.0. The van der Waals surface area contributed by atoms with Crippen LogP contribution in [0, 0.1) is 0 Å². The summed E-state index contributed by atoms with van der Waals surface area (Å²) in [5.74, 6) is 0. The average molecular weight is 498 g/mol. The van der Waals surface area contributed by atoms with Crippen LogP contribution in [0.1, 0.15) is 17.8 Å². The summed E-state index contributed by atoms with van der Waals surface area (Å²) in [6.45, 7) is 0. The third-order valence-electron chi connectivity index (χ3n) is 6.77. The van der Waals surface area contributed by atoms with Gasteiger partial charge in [-0.3, -0.25) is 0 Å². The van der Waals surface area contributed by atoms with Gasteiger partial charge in [-0.15, -0.1) is 0 Å². The summed E-state index contributed by atoms with van der Waals surface area (Å²) in [4.78, 5) is 3.47. The number of nitrogens with zero attached hydrogens (tertiary/aromatic N) is 1. The predicted octanol–water partition coefficient (Wildman–Crippen LogP) is 9.75. The SMILES string of the molecule is [2H]c1c([2H])c([2H])c(-c2c([2H])c([2H])c(-c3c([2H])c([2H])c(-n4c5ccccc5c5ccc6c7ccccc7[nH]c6c54)c([2H])c3[2H])c([2H])c2[2H])c([2H])c1[2H]. The van der Waals surface area contributed by atoms with E-state index in [0.717, 1.165) is 32.6 Å². The Labute approximate surface area is 238 Å². The molecule has 0 radical (unpaired) electrons. The van der Waals surface area contributed by atoms with Gasteiger partial charge in [0.15, 0.2) is 0 Å². The van der Waals surface area contributed by atoms with Gasteiger partial charge in [-0.1, -0.05) is 115 Å². The fraction of sp³-hybridized carbons (Fsp3) is 0. The summed E-state index contributed by atoms with van der Waals surface area (Å²) in [7, 11) is 0. The molecule has 0 spiro atoms. The first-order chi connectivity index (χ1) is 24.3. The molecule has 8 rings (SSSR count). The number of rotatable bonds is 3. The van der Waals surface area contributed by atoms with Crippen LogP contribution in [-0.4, -0.2) is 9.55 Å². The number of aromatic nitrogens is 2. The largest absolute Gasteiger partial charge is 0.353 e. The van der Waals surface area contributed by atoms with Crippen molar-refractivity contribution in [1.29, 1.82) is 0 Å². The molecule has 2 heteroatoms. The molecule has 38 heavy (non-hydrogen) atoms. The van der Waals surface area contributed by atoms with Gasteiger partial charge in [0, 0.05) is 32.7 Å². The van der Waals surface area contributed by atoms with Gasteiger partial charge in [0.1, 0.15) is 0 Å². The molecule has 1 N–H and O–H groups in total. The highest BCUT2D eigenvalue weighted by molar-refractivity contribution is 6.22. The fourth-order valence-corrected chi connectivity index (χ4v) is 5.08. The fourth-order valence-electron chi connectivity index (χ4n) is 5.08. The highest BCUT2D eigenvalue weighted by Gasteiger charge is 2.17. The van der Waals surface area contributed by atoms with E-state index in [9.17, 15) is 2.74 Å². The van der Waals surface area contributed by atoms with E-state index >= 15 is 0 Å². The molecule has 178 valence electrons. The van der Waals surface area contributed by atoms with Crippen molar-refractivity contribution in [1.82, 2.24) is 9.55 Å². The van der Waals surface area contributed by atoms with Crippen LogP contribution in [0.5, 0.6) is 0 Å². The van der Waals surface area contributed by atoms with Crippen molar-refractivity contribution in [2.24, 2.45) is 0 Å². The predicted molar refractivity (Wildman–Crippen MR) is 161 cm³/mol. The first-order valence-electron chi connectivity index (χ1n) is 18.5. The lowest BCUT2D eigenvalue weighted by Crippen LogP contribution is -1.94. The average Bonchev–Trinajstić information content (AvgIpc) is 3.67. The van der Waals surface area contributed by atoms with E-state index in [1.165, 1.54) is 0 Å². The van der Waals surface area contributed by atoms with E-state index in [0.29, 0.717) is 11.0 Å². The second kappa shape index (κ2) is 8.22. The lowest BCUT2D eigenvalue weighted by molar-refractivity contribution is 1.18. The first-order valence-corrected chi connectivity index (χ1v) is 12.0. The number of nitrogens with one attached hydrogen (secondary N) is 1. The van der Waals surface area contributed by atoms with Crippen LogP contribution in [0.25, 0.3) is 71.6 Å². The maximum Gasteiger partial charge on any atom is 0.0783 e. The molecule has 2 heterocycles. The third-order valence-corrected chi connectivity index (χ3v) is 6.77. The number of hydrogen-bond acceptors (Lipinski definition) is 0. The summed E-state index contributed by atoms with van der Waals surface area (Å²) in [6, 6.07) is 10.5. The Bertz CT molecular complexity index is 2770. The minimum atomic E-state index is -0.755. The Morgan fingerprint density at radius 1 is 0.500 bits per heavy atom. The van der Waals surface area contributed by atoms with Crippen molar-refractivity contribution in [3.8, 4) is 27.9 Å². The van der Waals surface area contributed by atoms with Crippen molar-refractivity contribution in [2.45, 2.75) is 0 Å². The maximum atomic E-state index is 9.27. The summed E-state index contributed by atoms with van der Waals surface area (Å²) < 4.78 is 115. The van der Waals surface area contributed by atoms with Crippen molar-refractivity contribution in [3.05, 3.63) is 139 Å². The quantitative estimate of drug-likeness (QED) is 0.251. The Kier molecular flexibility index (Phi) is 2.59. The van der Waals surface area contributed by atoms with Crippen molar-refractivity contribution in [2.75, 3.05) is 0 Å². The molecule has 0 bridgehead atoms. The molecule has 0 atom stereocenters. The summed E-state index contributed by atoms with van der Waals surface area (Å²) in [5, 5.41) is 3.50. The van der Waals surface area contributed by atoms with E-state index in [2.05, 4.69) is 4.98 Å². The molecule has 0 aliphatic rings. The second-order valence-corrected chi connectivity index (χ2v) is 8.88. The number of hydrogen-bond donors (Lipinski definition) is 1. The van der Waals surface area contributed by atoms with Crippen LogP contribution in [0.15, 0.2) is 139 Å². The minimum Gasteiger partial charge on any atom is -0.353 e. The Morgan fingerprint density at radius 2 is 1.08 bits per heavy atom. The van der Waals surface area contributed by atoms with Gasteiger partial charge in [0.25, 0.3) is 0 Å². The van der Waals surface area contributed by atoms with E-state index < -0.39 is 101 Å². The Hall–Kier alpha value is -5.08. The van der Waals surface area contributed by atoms with Gasteiger partial charge in [-0.05, 0) is 46.5 Å². The van der Waals surface area contributed by atoms with Crippen molar-refractivity contribution in [3.63, 3.8) is 0 Å². The van der Waals surface area contributed by atoms with Gasteiger partial charge in [0.2, 0.25) is 0 Å². The Morgan fingerprint density at radius 3 is 1.82 bits per heavy atom. The molecule has 0 saturated heterocycles. The number of H-pyrrole nitrogens is 1. The van der Waals surface area contributed by atoms with Crippen LogP contribution in [0.3, 0.4) is 0 Å². The molecular formula is C36H24N2. The maximum absolute atomic E-state index is 9.27. The summed E-state index contributed by atoms with van der Waals surface area (Å²) >= 11 is 0. The van der Waals surface area contributed by atoms with Gasteiger partial charge >= 0.3 is 0 Å². The number of benzene rings is 6. The number of para-hydroxylation sites is 2. The minimum absolute atomic E-state index is 0.0721. The van der Waals surface area contributed by atoms with Gasteiger partial charge in [0.05, 0.1) is 34.4 Å². The molecular weight excluding hydrogens is 460 g/mol. The topological polar surface area (TPSA) is 20.7 Å². The molecule has 0 aliphatic heterocycles. The zero-order valence-corrected chi connectivity index (χ0v) is 19.7. The molecule has 2 nitrogen and oxygen atoms in total. The monoisotopic (exact) mass is 497 g/mol. The molecule has 2 aromatic heterocycles. The van der Waals surface area contributed by atoms with Gasteiger partial charge < -0.3 is 9.55 Å². The summed E-state index contributed by atoms with van der Waals surface area (Å²) in [6.07, 6.45) is 0. The van der Waals surface area contributed by atoms with Crippen molar-refractivity contribution >= 4 is 43.6 Å². The van der Waals surface area contributed by atoms with Crippen LogP contribution in [0.2, 0.25) is 0 Å². The Balaban J connectivity index is 1.44. The summed E-state index contributed by atoms with van der Waals surface area (Å²) in [5.41, 5.74) is 0.761. The van der Waals surface area contributed by atoms with Crippen LogP contribution in [0.4, 0.5) is 0 Å². The third kappa shape index (κ3) is 3.14. The smallest absolute Gasteiger partial charge is 0.0783 e. The first kappa shape index (κ1) is 12.0. The lowest BCUT2D eigenvalue weighted by Gasteiger charge is -2.10. The molecule has 8 aromatic rings. The normalized spacial score (nSPS) is 16.5. The number of fused-ring (bicyclic) bond motifs is 7. The molecule has 0 unspecified atom stereocenters. The molecule has 6 aromatic carbocycles. The second-order valence-electron chi connectivity index (χ2n) is 8.88. The van der Waals surface area contributed by atoms with E-state index in [1.54, 1.807) is 4.57 Å². The zero-order valence-electron chi connectivity index (χ0n) is 32.7. The van der Waals surface area contributed by atoms with Crippen LogP contribution < -0.4 is 0 Å². The van der Waals surface area contributed by atoms with E-state index in [1.807, 2.05) is 60.7 Å². The van der Waals surface area contributed by atoms with E-state index in [4.69, 9.17) is 15.1 Å². The highest BCUT2D eigenvalue weighted by atomic mass is 15.0. The molecule has 0 fully saturated rings. The molecule has 0 amide bonds.